The standard InChI is InChI=1S/C20H20N6O5S/c1-24-16-15(19(29)25(2)20(24)30)26(9-21-16)7-13(27)31-8-12-22-17(28)14-10-5-3-4-6-11(10)32-18(14)23-12/h9H,3-8H2,1-2H3,(H,22,23,28). The van der Waals surface area contributed by atoms with Gasteiger partial charge >= 0.3 is 11.7 Å². The van der Waals surface area contributed by atoms with E-state index in [1.807, 2.05) is 0 Å². The first kappa shape index (κ1) is 20.4. The Kier molecular flexibility index (Phi) is 4.81. The first-order valence-corrected chi connectivity index (χ1v) is 11.0. The smallest absolute Gasteiger partial charge is 0.332 e. The average Bonchev–Trinajstić information content (AvgIpc) is 3.36. The lowest BCUT2D eigenvalue weighted by atomic mass is 9.97. The molecule has 5 rings (SSSR count). The van der Waals surface area contributed by atoms with Gasteiger partial charge in [0, 0.05) is 19.0 Å². The van der Waals surface area contributed by atoms with E-state index in [1.54, 1.807) is 0 Å². The molecule has 0 aliphatic heterocycles. The van der Waals surface area contributed by atoms with Gasteiger partial charge in [0.15, 0.2) is 11.2 Å². The third-order valence-electron chi connectivity index (χ3n) is 5.76. The Morgan fingerprint density at radius 1 is 1.19 bits per heavy atom. The van der Waals surface area contributed by atoms with Crippen LogP contribution in [-0.4, -0.2) is 34.6 Å². The number of hydrogen-bond donors (Lipinski definition) is 1. The molecule has 0 amide bonds. The van der Waals surface area contributed by atoms with Gasteiger partial charge in [-0.25, -0.2) is 14.8 Å². The van der Waals surface area contributed by atoms with Crippen LogP contribution in [0, 0.1) is 0 Å². The predicted molar refractivity (Wildman–Crippen MR) is 117 cm³/mol. The van der Waals surface area contributed by atoms with Crippen molar-refractivity contribution in [1.29, 1.82) is 0 Å². The van der Waals surface area contributed by atoms with Gasteiger partial charge in [-0.2, -0.15) is 0 Å². The van der Waals surface area contributed by atoms with Gasteiger partial charge in [-0.15, -0.1) is 11.3 Å². The van der Waals surface area contributed by atoms with Crippen molar-refractivity contribution in [3.8, 4) is 0 Å². The molecular formula is C20H20N6O5S. The van der Waals surface area contributed by atoms with Gasteiger partial charge in [0.25, 0.3) is 11.1 Å². The third kappa shape index (κ3) is 3.18. The number of nitrogens with one attached hydrogen (secondary N) is 1. The van der Waals surface area contributed by atoms with E-state index in [4.69, 9.17) is 4.74 Å². The maximum absolute atomic E-state index is 12.6. The normalized spacial score (nSPS) is 13.6. The molecule has 0 unspecified atom stereocenters. The molecular weight excluding hydrogens is 436 g/mol. The molecule has 1 aliphatic carbocycles. The van der Waals surface area contributed by atoms with Gasteiger partial charge in [0.2, 0.25) is 0 Å². The van der Waals surface area contributed by atoms with Gasteiger partial charge in [-0.05, 0) is 31.2 Å². The number of thiophene rings is 1. The molecule has 1 aliphatic rings. The summed E-state index contributed by atoms with van der Waals surface area (Å²) in [4.78, 5) is 62.7. The number of carbonyl (C=O) groups is 1. The number of imidazole rings is 1. The van der Waals surface area contributed by atoms with E-state index in [2.05, 4.69) is 15.0 Å². The summed E-state index contributed by atoms with van der Waals surface area (Å²) in [5.41, 5.74) is 0.136. The largest absolute Gasteiger partial charge is 0.456 e. The van der Waals surface area contributed by atoms with E-state index in [0.29, 0.717) is 10.2 Å². The van der Waals surface area contributed by atoms with Gasteiger partial charge < -0.3 is 14.3 Å². The number of aromatic nitrogens is 6. The second-order valence-electron chi connectivity index (χ2n) is 7.81. The fourth-order valence-corrected chi connectivity index (χ4v) is 5.41. The molecule has 0 fully saturated rings. The number of hydrogen-bond acceptors (Lipinski definition) is 8. The van der Waals surface area contributed by atoms with Crippen molar-refractivity contribution in [2.45, 2.75) is 38.8 Å². The topological polar surface area (TPSA) is 134 Å². The molecule has 0 saturated heterocycles. The first-order valence-electron chi connectivity index (χ1n) is 10.1. The minimum atomic E-state index is -0.631. The summed E-state index contributed by atoms with van der Waals surface area (Å²) in [6.45, 7) is -0.473. The van der Waals surface area contributed by atoms with Crippen LogP contribution in [0.15, 0.2) is 20.7 Å². The maximum atomic E-state index is 12.6. The van der Waals surface area contributed by atoms with Crippen molar-refractivity contribution in [1.82, 2.24) is 28.7 Å². The maximum Gasteiger partial charge on any atom is 0.332 e. The van der Waals surface area contributed by atoms with Crippen LogP contribution in [0.2, 0.25) is 0 Å². The molecule has 0 atom stereocenters. The molecule has 12 heteroatoms. The van der Waals surface area contributed by atoms with Crippen molar-refractivity contribution in [2.24, 2.45) is 14.1 Å². The number of carbonyl (C=O) groups excluding carboxylic acids is 1. The lowest BCUT2D eigenvalue weighted by Gasteiger charge is -2.09. The summed E-state index contributed by atoms with van der Waals surface area (Å²) in [6.07, 6.45) is 5.34. The fraction of sp³-hybridized carbons (Fsp3) is 0.400. The zero-order valence-corrected chi connectivity index (χ0v) is 18.3. The number of nitrogens with zero attached hydrogens (tertiary/aromatic N) is 5. The molecule has 11 nitrogen and oxygen atoms in total. The minimum absolute atomic E-state index is 0.128. The number of ether oxygens (including phenoxy) is 1. The molecule has 0 bridgehead atoms. The second kappa shape index (κ2) is 7.55. The zero-order valence-electron chi connectivity index (χ0n) is 17.5. The van der Waals surface area contributed by atoms with Crippen LogP contribution in [0.5, 0.6) is 0 Å². The Balaban J connectivity index is 1.37. The van der Waals surface area contributed by atoms with Crippen molar-refractivity contribution in [3.05, 3.63) is 53.8 Å². The summed E-state index contributed by atoms with van der Waals surface area (Å²) in [6, 6.07) is 0. The second-order valence-corrected chi connectivity index (χ2v) is 8.90. The van der Waals surface area contributed by atoms with Gasteiger partial charge in [0.1, 0.15) is 23.8 Å². The monoisotopic (exact) mass is 456 g/mol. The van der Waals surface area contributed by atoms with E-state index in [9.17, 15) is 19.2 Å². The predicted octanol–water partition coefficient (Wildman–Crippen LogP) is 0.354. The average molecular weight is 456 g/mol. The lowest BCUT2D eigenvalue weighted by Crippen LogP contribution is -2.37. The lowest BCUT2D eigenvalue weighted by molar-refractivity contribution is -0.145. The molecule has 4 aromatic heterocycles. The van der Waals surface area contributed by atoms with Crippen LogP contribution in [0.25, 0.3) is 21.4 Å². The quantitative estimate of drug-likeness (QED) is 0.438. The number of esters is 1. The molecule has 0 radical (unpaired) electrons. The fourth-order valence-electron chi connectivity index (χ4n) is 4.13. The third-order valence-corrected chi connectivity index (χ3v) is 6.95. The molecule has 0 aromatic carbocycles. The van der Waals surface area contributed by atoms with E-state index < -0.39 is 17.2 Å². The van der Waals surface area contributed by atoms with Crippen molar-refractivity contribution in [2.75, 3.05) is 0 Å². The Morgan fingerprint density at radius 2 is 1.97 bits per heavy atom. The molecule has 166 valence electrons. The summed E-state index contributed by atoms with van der Waals surface area (Å²) in [7, 11) is 2.86. The summed E-state index contributed by atoms with van der Waals surface area (Å²) in [5.74, 6) is -0.364. The molecule has 1 N–H and O–H groups in total. The molecule has 4 heterocycles. The molecule has 0 spiro atoms. The highest BCUT2D eigenvalue weighted by Crippen LogP contribution is 2.33. The summed E-state index contributed by atoms with van der Waals surface area (Å²) >= 11 is 1.52. The molecule has 0 saturated carbocycles. The SMILES string of the molecule is Cn1c(=O)c2c(ncn2CC(=O)OCc2nc3sc4c(c3c(=O)[nH]2)CCCC4)n(C)c1=O. The van der Waals surface area contributed by atoms with Crippen LogP contribution in [0.4, 0.5) is 0 Å². The van der Waals surface area contributed by atoms with Crippen LogP contribution in [0.3, 0.4) is 0 Å². The highest BCUT2D eigenvalue weighted by molar-refractivity contribution is 7.18. The Bertz CT molecular complexity index is 1570. The van der Waals surface area contributed by atoms with Gasteiger partial charge in [-0.3, -0.25) is 23.5 Å². The van der Waals surface area contributed by atoms with Crippen molar-refractivity contribution < 1.29 is 9.53 Å². The first-order chi connectivity index (χ1) is 15.3. The molecule has 4 aromatic rings. The number of rotatable bonds is 4. The minimum Gasteiger partial charge on any atom is -0.456 e. The Hall–Kier alpha value is -3.54. The van der Waals surface area contributed by atoms with Gasteiger partial charge in [-0.1, -0.05) is 0 Å². The van der Waals surface area contributed by atoms with E-state index >= 15 is 0 Å². The number of fused-ring (bicyclic) bond motifs is 4. The summed E-state index contributed by atoms with van der Waals surface area (Å²) in [5, 5.41) is 0.645. The highest BCUT2D eigenvalue weighted by atomic mass is 32.1. The number of aryl methyl sites for hydroxylation is 3. The van der Waals surface area contributed by atoms with Crippen molar-refractivity contribution >= 4 is 38.7 Å². The van der Waals surface area contributed by atoms with Gasteiger partial charge in [0.05, 0.1) is 11.7 Å². The number of H-pyrrole nitrogens is 1. The van der Waals surface area contributed by atoms with E-state index in [0.717, 1.165) is 35.8 Å². The highest BCUT2D eigenvalue weighted by Gasteiger charge is 2.20. The van der Waals surface area contributed by atoms with E-state index in [1.165, 1.54) is 45.8 Å². The van der Waals surface area contributed by atoms with Crippen LogP contribution in [-0.2, 0) is 49.6 Å². The van der Waals surface area contributed by atoms with Crippen molar-refractivity contribution in [3.63, 3.8) is 0 Å². The van der Waals surface area contributed by atoms with Crippen LogP contribution in [0.1, 0.15) is 29.1 Å². The molecule has 32 heavy (non-hydrogen) atoms. The van der Waals surface area contributed by atoms with E-state index in [-0.39, 0.29) is 35.7 Å². The Labute approximate surface area is 183 Å². The van der Waals surface area contributed by atoms with Crippen LogP contribution < -0.4 is 16.8 Å². The summed E-state index contributed by atoms with van der Waals surface area (Å²) < 4.78 is 8.82. The van der Waals surface area contributed by atoms with Crippen LogP contribution >= 0.6 is 11.3 Å². The number of aromatic amines is 1. The Morgan fingerprint density at radius 3 is 2.78 bits per heavy atom. The zero-order chi connectivity index (χ0) is 22.6.